The number of ether oxygens (including phenoxy) is 4. The SMILES string of the molecule is B[PH]([C@H](C)COCc1ccccc1)([C@H](C)COCc1ccccc1)[C@@H](C)CC[C@H](C)P([C@H](C)COCc1ccccc1)[C@H](C)COCc1ccccc1. The Balaban J connectivity index is 1.42. The van der Waals surface area contributed by atoms with E-state index in [1.54, 1.807) is 0 Å². The van der Waals surface area contributed by atoms with Gasteiger partial charge in [0.05, 0.1) is 0 Å². The van der Waals surface area contributed by atoms with Crippen LogP contribution in [0.3, 0.4) is 0 Å². The van der Waals surface area contributed by atoms with Gasteiger partial charge in [0.2, 0.25) is 0 Å². The van der Waals surface area contributed by atoms with Crippen LogP contribution in [0.15, 0.2) is 121 Å². The summed E-state index contributed by atoms with van der Waals surface area (Å²) in [5.74, 6) is 0. The Bertz CT molecular complexity index is 1410. The van der Waals surface area contributed by atoms with Crippen molar-refractivity contribution in [1.29, 1.82) is 0 Å². The van der Waals surface area contributed by atoms with Gasteiger partial charge in [0.1, 0.15) is 0 Å². The van der Waals surface area contributed by atoms with E-state index in [1.165, 1.54) is 35.1 Å². The average Bonchev–Trinajstić information content (AvgIpc) is 3.18. The van der Waals surface area contributed by atoms with E-state index in [0.29, 0.717) is 60.4 Å². The van der Waals surface area contributed by atoms with Crippen LogP contribution in [-0.2, 0) is 45.4 Å². The number of hydrogen-bond acceptors (Lipinski definition) is 4. The topological polar surface area (TPSA) is 36.9 Å². The summed E-state index contributed by atoms with van der Waals surface area (Å²) < 4.78 is 25.6. The molecule has 0 unspecified atom stereocenters. The van der Waals surface area contributed by atoms with Crippen molar-refractivity contribution in [2.75, 3.05) is 26.4 Å². The molecule has 0 saturated carbocycles. The molecule has 4 aromatic rings. The summed E-state index contributed by atoms with van der Waals surface area (Å²) in [6.45, 7) is 20.6. The molecule has 0 fully saturated rings. The van der Waals surface area contributed by atoms with Crippen molar-refractivity contribution in [2.24, 2.45) is 0 Å². The van der Waals surface area contributed by atoms with Crippen LogP contribution in [0.1, 0.15) is 76.6 Å². The van der Waals surface area contributed by atoms with Gasteiger partial charge < -0.3 is 0 Å². The van der Waals surface area contributed by atoms with E-state index in [0.717, 1.165) is 26.4 Å². The third-order valence-corrected chi connectivity index (χ3v) is 22.2. The molecule has 0 N–H and O–H groups in total. The van der Waals surface area contributed by atoms with E-state index in [4.69, 9.17) is 18.9 Å². The van der Waals surface area contributed by atoms with Gasteiger partial charge in [0.25, 0.3) is 0 Å². The van der Waals surface area contributed by atoms with Crippen molar-refractivity contribution in [3.8, 4) is 0 Å². The zero-order valence-corrected chi connectivity index (χ0v) is 35.6. The normalized spacial score (nSPS) is 15.8. The second-order valence-corrected chi connectivity index (χ2v) is 24.9. The molecule has 0 bridgehead atoms. The minimum atomic E-state index is -1.90. The first-order chi connectivity index (χ1) is 25.7. The van der Waals surface area contributed by atoms with E-state index < -0.39 is 7.14 Å². The van der Waals surface area contributed by atoms with Crippen molar-refractivity contribution in [3.05, 3.63) is 144 Å². The zero-order valence-electron chi connectivity index (χ0n) is 33.7. The second kappa shape index (κ2) is 23.5. The van der Waals surface area contributed by atoms with E-state index >= 15 is 0 Å². The molecule has 6 atom stereocenters. The fourth-order valence-electron chi connectivity index (χ4n) is 7.94. The quantitative estimate of drug-likeness (QED) is 0.0499. The Labute approximate surface area is 325 Å². The molecule has 0 heterocycles. The van der Waals surface area contributed by atoms with Crippen LogP contribution >= 0.6 is 15.1 Å². The zero-order chi connectivity index (χ0) is 37.9. The first-order valence-electron chi connectivity index (χ1n) is 19.9. The summed E-state index contributed by atoms with van der Waals surface area (Å²) in [7, 11) is 0.379. The third kappa shape index (κ3) is 14.3. The molecular formula is C46H67BO4P2. The standard InChI is InChI=1S/C46H67BO4P2/c1-37(52(38(2)29-48-33-43-19-11-7-12-20-43)39(3)30-49-34-44-21-13-8-14-22-44)27-28-40(4)53(47,41(5)31-50-35-45-23-15-9-16-24-45)42(6)32-51-36-46-25-17-10-18-26-46/h7-26,37-42,53H,27-36,47H2,1-6H3/t37-,38+,39+,40-,41+,42+/m0/s1. The molecule has 0 radical (unpaired) electrons. The first kappa shape index (κ1) is 43.4. The van der Waals surface area contributed by atoms with Gasteiger partial charge in [-0.05, 0) is 0 Å². The van der Waals surface area contributed by atoms with Crippen LogP contribution in [0.25, 0.3) is 0 Å². The molecule has 288 valence electrons. The fourth-order valence-corrected chi connectivity index (χ4v) is 16.2. The summed E-state index contributed by atoms with van der Waals surface area (Å²) in [6.07, 6.45) is 2.45. The molecule has 0 aliphatic rings. The van der Waals surface area contributed by atoms with Crippen LogP contribution in [0.2, 0.25) is 0 Å². The molecule has 0 amide bonds. The Morgan fingerprint density at radius 3 is 1.04 bits per heavy atom. The molecule has 0 aromatic heterocycles. The van der Waals surface area contributed by atoms with Gasteiger partial charge in [-0.25, -0.2) is 0 Å². The van der Waals surface area contributed by atoms with E-state index in [2.05, 4.69) is 170 Å². The molecule has 0 aliphatic carbocycles. The van der Waals surface area contributed by atoms with E-state index in [9.17, 15) is 0 Å². The van der Waals surface area contributed by atoms with Gasteiger partial charge >= 0.3 is 314 Å². The molecule has 4 nitrogen and oxygen atoms in total. The molecule has 0 aliphatic heterocycles. The number of benzene rings is 4. The van der Waals surface area contributed by atoms with Gasteiger partial charge in [0, 0.05) is 0 Å². The maximum atomic E-state index is 6.44. The summed E-state index contributed by atoms with van der Waals surface area (Å²) in [6, 6.07) is 42.3. The second-order valence-electron chi connectivity index (χ2n) is 15.6. The number of rotatable bonds is 25. The predicted molar refractivity (Wildman–Crippen MR) is 234 cm³/mol. The molecule has 53 heavy (non-hydrogen) atoms. The Hall–Kier alpha value is -2.36. The van der Waals surface area contributed by atoms with Crippen molar-refractivity contribution in [1.82, 2.24) is 0 Å². The average molecular weight is 757 g/mol. The molecule has 0 saturated heterocycles. The van der Waals surface area contributed by atoms with Crippen LogP contribution in [0.5, 0.6) is 0 Å². The number of hydrogen-bond donors (Lipinski definition) is 0. The van der Waals surface area contributed by atoms with Gasteiger partial charge in [-0.2, -0.15) is 0 Å². The Morgan fingerprint density at radius 1 is 0.415 bits per heavy atom. The minimum absolute atomic E-state index is 0.357. The van der Waals surface area contributed by atoms with Crippen molar-refractivity contribution < 1.29 is 18.9 Å². The molecular weight excluding hydrogens is 689 g/mol. The van der Waals surface area contributed by atoms with Gasteiger partial charge in [-0.15, -0.1) is 0 Å². The van der Waals surface area contributed by atoms with Crippen LogP contribution in [0.4, 0.5) is 0 Å². The molecule has 7 heteroatoms. The summed E-state index contributed by atoms with van der Waals surface area (Å²) in [5.41, 5.74) is 8.14. The van der Waals surface area contributed by atoms with Gasteiger partial charge in [-0.3, -0.25) is 0 Å². The van der Waals surface area contributed by atoms with Crippen LogP contribution < -0.4 is 0 Å². The first-order valence-corrected chi connectivity index (χ1v) is 24.2. The Morgan fingerprint density at radius 2 is 0.717 bits per heavy atom. The monoisotopic (exact) mass is 756 g/mol. The van der Waals surface area contributed by atoms with E-state index in [-0.39, 0.29) is 7.92 Å². The summed E-state index contributed by atoms with van der Waals surface area (Å²) in [5, 5.41) is 0. The molecule has 0 spiro atoms. The maximum absolute atomic E-state index is 6.44. The van der Waals surface area contributed by atoms with Gasteiger partial charge in [0.15, 0.2) is 0 Å². The van der Waals surface area contributed by atoms with E-state index in [1.807, 2.05) is 0 Å². The fraction of sp³-hybridized carbons (Fsp3) is 0.478. The van der Waals surface area contributed by atoms with Crippen molar-refractivity contribution in [3.63, 3.8) is 0 Å². The summed E-state index contributed by atoms with van der Waals surface area (Å²) >= 11 is 0. The molecule has 4 aromatic carbocycles. The predicted octanol–water partition coefficient (Wildman–Crippen LogP) is 10.7. The Kier molecular flexibility index (Phi) is 19.3. The van der Waals surface area contributed by atoms with Gasteiger partial charge in [-0.1, -0.05) is 12.1 Å². The van der Waals surface area contributed by atoms with Crippen molar-refractivity contribution >= 4 is 22.6 Å². The molecule has 4 rings (SSSR count). The van der Waals surface area contributed by atoms with Crippen molar-refractivity contribution in [2.45, 2.75) is 115 Å². The summed E-state index contributed by atoms with van der Waals surface area (Å²) in [4.78, 5) is 0. The van der Waals surface area contributed by atoms with Crippen LogP contribution in [-0.4, -0.2) is 67.9 Å². The third-order valence-electron chi connectivity index (χ3n) is 11.6. The van der Waals surface area contributed by atoms with Crippen LogP contribution in [0, 0.1) is 0 Å².